The standard InChI is InChI=1S/C19H20ClFN2O.ClH/c20-17-6-2-1-5-16(17)18(13-7-9-15(21)10-8-13)23-19(24)14-4-3-11-22-12-14;/h1-2,5-10,14,18,22H,3-4,11-12H2,(H,23,24);1H. The number of nitrogens with one attached hydrogen (secondary N) is 2. The van der Waals surface area contributed by atoms with Crippen LogP contribution in [0.25, 0.3) is 0 Å². The van der Waals surface area contributed by atoms with Crippen molar-refractivity contribution in [3.8, 4) is 0 Å². The van der Waals surface area contributed by atoms with Crippen molar-refractivity contribution in [2.24, 2.45) is 5.92 Å². The monoisotopic (exact) mass is 382 g/mol. The summed E-state index contributed by atoms with van der Waals surface area (Å²) in [7, 11) is 0. The Kier molecular flexibility index (Phi) is 7.24. The number of piperidine rings is 1. The molecule has 1 amide bonds. The Morgan fingerprint density at radius 3 is 2.56 bits per heavy atom. The molecule has 0 aliphatic carbocycles. The summed E-state index contributed by atoms with van der Waals surface area (Å²) in [6.45, 7) is 1.64. The summed E-state index contributed by atoms with van der Waals surface area (Å²) in [6.07, 6.45) is 1.86. The van der Waals surface area contributed by atoms with Crippen molar-refractivity contribution in [1.82, 2.24) is 10.6 Å². The van der Waals surface area contributed by atoms with Gasteiger partial charge in [0.1, 0.15) is 5.82 Å². The number of carbonyl (C=O) groups excluding carboxylic acids is 1. The summed E-state index contributed by atoms with van der Waals surface area (Å²) < 4.78 is 13.3. The van der Waals surface area contributed by atoms with Crippen molar-refractivity contribution < 1.29 is 9.18 Å². The first kappa shape index (κ1) is 19.7. The molecule has 1 aliphatic rings. The van der Waals surface area contributed by atoms with E-state index in [9.17, 15) is 9.18 Å². The van der Waals surface area contributed by atoms with Gasteiger partial charge >= 0.3 is 0 Å². The van der Waals surface area contributed by atoms with Crippen LogP contribution < -0.4 is 10.6 Å². The van der Waals surface area contributed by atoms with Gasteiger partial charge in [-0.2, -0.15) is 0 Å². The lowest BCUT2D eigenvalue weighted by Gasteiger charge is -2.26. The van der Waals surface area contributed by atoms with Crippen molar-refractivity contribution in [2.45, 2.75) is 18.9 Å². The summed E-state index contributed by atoms with van der Waals surface area (Å²) >= 11 is 6.33. The summed E-state index contributed by atoms with van der Waals surface area (Å²) in [5.41, 5.74) is 1.62. The molecule has 2 atom stereocenters. The summed E-state index contributed by atoms with van der Waals surface area (Å²) in [6, 6.07) is 13.2. The minimum absolute atomic E-state index is 0. The molecule has 2 aromatic rings. The second kappa shape index (κ2) is 9.18. The van der Waals surface area contributed by atoms with E-state index in [2.05, 4.69) is 10.6 Å². The maximum Gasteiger partial charge on any atom is 0.225 e. The molecule has 1 heterocycles. The lowest BCUT2D eigenvalue weighted by molar-refractivity contribution is -0.126. The molecule has 25 heavy (non-hydrogen) atoms. The van der Waals surface area contributed by atoms with E-state index in [-0.39, 0.29) is 30.0 Å². The van der Waals surface area contributed by atoms with E-state index < -0.39 is 6.04 Å². The van der Waals surface area contributed by atoms with E-state index in [0.29, 0.717) is 11.6 Å². The molecule has 134 valence electrons. The first-order chi connectivity index (χ1) is 11.6. The number of benzene rings is 2. The quantitative estimate of drug-likeness (QED) is 0.835. The fourth-order valence-corrected chi connectivity index (χ4v) is 3.29. The van der Waals surface area contributed by atoms with Gasteiger partial charge in [-0.15, -0.1) is 12.4 Å². The lowest BCUT2D eigenvalue weighted by atomic mass is 9.95. The zero-order chi connectivity index (χ0) is 16.9. The molecule has 1 saturated heterocycles. The van der Waals surface area contributed by atoms with Gasteiger partial charge in [-0.3, -0.25) is 4.79 Å². The van der Waals surface area contributed by atoms with Gasteiger partial charge in [-0.05, 0) is 48.7 Å². The fraction of sp³-hybridized carbons (Fsp3) is 0.316. The smallest absolute Gasteiger partial charge is 0.225 e. The predicted molar refractivity (Wildman–Crippen MR) is 101 cm³/mol. The number of halogens is 3. The molecule has 0 bridgehead atoms. The summed E-state index contributed by atoms with van der Waals surface area (Å²) in [5.74, 6) is -0.361. The Labute approximate surface area is 158 Å². The van der Waals surface area contributed by atoms with Crippen LogP contribution in [-0.4, -0.2) is 19.0 Å². The fourth-order valence-electron chi connectivity index (χ4n) is 3.04. The van der Waals surface area contributed by atoms with Crippen LogP contribution in [0.3, 0.4) is 0 Å². The van der Waals surface area contributed by atoms with Gasteiger partial charge in [0.25, 0.3) is 0 Å². The molecular formula is C19H21Cl2FN2O. The zero-order valence-electron chi connectivity index (χ0n) is 13.7. The molecule has 0 saturated carbocycles. The SMILES string of the molecule is Cl.O=C(NC(c1ccc(F)cc1)c1ccccc1Cl)C1CCCNC1. The second-order valence-electron chi connectivity index (χ2n) is 6.06. The molecule has 2 N–H and O–H groups in total. The Hall–Kier alpha value is -1.62. The predicted octanol–water partition coefficient (Wildman–Crippen LogP) is 4.11. The molecule has 0 radical (unpaired) electrons. The highest BCUT2D eigenvalue weighted by Crippen LogP contribution is 2.29. The molecule has 0 aromatic heterocycles. The maximum atomic E-state index is 13.3. The Morgan fingerprint density at radius 1 is 1.20 bits per heavy atom. The largest absolute Gasteiger partial charge is 0.345 e. The second-order valence-corrected chi connectivity index (χ2v) is 6.47. The minimum Gasteiger partial charge on any atom is -0.345 e. The van der Waals surface area contributed by atoms with Gasteiger partial charge < -0.3 is 10.6 Å². The van der Waals surface area contributed by atoms with Crippen molar-refractivity contribution in [1.29, 1.82) is 0 Å². The molecule has 2 unspecified atom stereocenters. The van der Waals surface area contributed by atoms with Crippen molar-refractivity contribution in [3.63, 3.8) is 0 Å². The van der Waals surface area contributed by atoms with Gasteiger partial charge in [0.15, 0.2) is 0 Å². The first-order valence-electron chi connectivity index (χ1n) is 8.16. The van der Waals surface area contributed by atoms with E-state index in [1.165, 1.54) is 12.1 Å². The van der Waals surface area contributed by atoms with E-state index >= 15 is 0 Å². The normalized spacial score (nSPS) is 18.1. The highest BCUT2D eigenvalue weighted by atomic mass is 35.5. The van der Waals surface area contributed by atoms with Crippen LogP contribution in [0.4, 0.5) is 4.39 Å². The van der Waals surface area contributed by atoms with Crippen molar-refractivity contribution >= 4 is 29.9 Å². The molecule has 1 fully saturated rings. The van der Waals surface area contributed by atoms with Crippen LogP contribution in [0.15, 0.2) is 48.5 Å². The minimum atomic E-state index is -0.395. The number of amides is 1. The third-order valence-electron chi connectivity index (χ3n) is 4.37. The molecule has 1 aliphatic heterocycles. The Balaban J connectivity index is 0.00000225. The van der Waals surface area contributed by atoms with Gasteiger partial charge in [-0.25, -0.2) is 4.39 Å². The maximum absolute atomic E-state index is 13.3. The van der Waals surface area contributed by atoms with Crippen LogP contribution in [0.5, 0.6) is 0 Å². The molecule has 6 heteroatoms. The van der Waals surface area contributed by atoms with Gasteiger partial charge in [0.05, 0.1) is 12.0 Å². The van der Waals surface area contributed by atoms with Crippen LogP contribution >= 0.6 is 24.0 Å². The first-order valence-corrected chi connectivity index (χ1v) is 8.54. The average Bonchev–Trinajstić information content (AvgIpc) is 2.62. The highest BCUT2D eigenvalue weighted by molar-refractivity contribution is 6.31. The summed E-state index contributed by atoms with van der Waals surface area (Å²) in [5, 5.41) is 6.92. The highest BCUT2D eigenvalue weighted by Gasteiger charge is 2.25. The summed E-state index contributed by atoms with van der Waals surface area (Å²) in [4.78, 5) is 12.7. The van der Waals surface area contributed by atoms with Gasteiger partial charge in [0.2, 0.25) is 5.91 Å². The van der Waals surface area contributed by atoms with Crippen molar-refractivity contribution in [2.75, 3.05) is 13.1 Å². The van der Waals surface area contributed by atoms with E-state index in [4.69, 9.17) is 11.6 Å². The van der Waals surface area contributed by atoms with E-state index in [1.54, 1.807) is 18.2 Å². The lowest BCUT2D eigenvalue weighted by Crippen LogP contribution is -2.42. The average molecular weight is 383 g/mol. The molecule has 0 spiro atoms. The van der Waals surface area contributed by atoms with E-state index in [0.717, 1.165) is 30.5 Å². The van der Waals surface area contributed by atoms with Crippen LogP contribution in [0.1, 0.15) is 30.0 Å². The molecular weight excluding hydrogens is 362 g/mol. The van der Waals surface area contributed by atoms with Crippen LogP contribution in [0, 0.1) is 11.7 Å². The number of rotatable bonds is 4. The number of hydrogen-bond acceptors (Lipinski definition) is 2. The van der Waals surface area contributed by atoms with Crippen molar-refractivity contribution in [3.05, 3.63) is 70.5 Å². The number of hydrogen-bond donors (Lipinski definition) is 2. The van der Waals surface area contributed by atoms with E-state index in [1.807, 2.05) is 18.2 Å². The number of carbonyl (C=O) groups is 1. The van der Waals surface area contributed by atoms with Crippen LogP contribution in [-0.2, 0) is 4.79 Å². The Morgan fingerprint density at radius 2 is 1.92 bits per heavy atom. The van der Waals surface area contributed by atoms with Gasteiger partial charge in [0, 0.05) is 11.6 Å². The third-order valence-corrected chi connectivity index (χ3v) is 4.72. The molecule has 2 aromatic carbocycles. The Bertz CT molecular complexity index is 703. The third kappa shape index (κ3) is 4.94. The van der Waals surface area contributed by atoms with Gasteiger partial charge in [-0.1, -0.05) is 41.9 Å². The van der Waals surface area contributed by atoms with Crippen LogP contribution in [0.2, 0.25) is 5.02 Å². The molecule has 3 rings (SSSR count). The molecule has 3 nitrogen and oxygen atoms in total. The zero-order valence-corrected chi connectivity index (χ0v) is 15.2. The topological polar surface area (TPSA) is 41.1 Å².